The average Bonchev–Trinajstić information content (AvgIpc) is 2.26. The van der Waals surface area contributed by atoms with Gasteiger partial charge in [-0.05, 0) is 19.8 Å². The zero-order valence-corrected chi connectivity index (χ0v) is 11.7. The second-order valence-corrected chi connectivity index (χ2v) is 7.08. The Labute approximate surface area is 104 Å². The molecule has 0 aromatic rings. The lowest BCUT2D eigenvalue weighted by atomic mass is 10.1. The lowest BCUT2D eigenvalue weighted by Crippen LogP contribution is -2.47. The molecule has 0 saturated carbocycles. The fraction of sp³-hybridized carbons (Fsp3) is 1.00. The molecule has 0 bridgehead atoms. The molecule has 2 N–H and O–H groups in total. The van der Waals surface area contributed by atoms with Gasteiger partial charge < -0.3 is 10.1 Å². The van der Waals surface area contributed by atoms with E-state index in [1.165, 1.54) is 0 Å². The van der Waals surface area contributed by atoms with Crippen LogP contribution in [-0.4, -0.2) is 45.5 Å². The first-order valence-electron chi connectivity index (χ1n) is 6.24. The van der Waals surface area contributed by atoms with Gasteiger partial charge in [-0.2, -0.15) is 0 Å². The molecule has 1 aliphatic rings. The van der Waals surface area contributed by atoms with Gasteiger partial charge in [-0.1, -0.05) is 13.8 Å². The maximum absolute atomic E-state index is 12.0. The van der Waals surface area contributed by atoms with Crippen LogP contribution >= 0.6 is 0 Å². The Balaban J connectivity index is 2.43. The van der Waals surface area contributed by atoms with E-state index in [9.17, 15) is 8.42 Å². The van der Waals surface area contributed by atoms with E-state index < -0.39 is 15.3 Å². The van der Waals surface area contributed by atoms with Crippen molar-refractivity contribution in [3.05, 3.63) is 0 Å². The van der Waals surface area contributed by atoms with Crippen molar-refractivity contribution in [2.24, 2.45) is 0 Å². The van der Waals surface area contributed by atoms with Crippen molar-refractivity contribution in [2.75, 3.05) is 19.8 Å². The minimum absolute atomic E-state index is 0.0600. The van der Waals surface area contributed by atoms with Gasteiger partial charge in [0.2, 0.25) is 10.0 Å². The summed E-state index contributed by atoms with van der Waals surface area (Å²) in [5.41, 5.74) is 0. The molecule has 5 nitrogen and oxygen atoms in total. The molecule has 0 radical (unpaired) electrons. The van der Waals surface area contributed by atoms with Crippen LogP contribution in [0, 0.1) is 0 Å². The Morgan fingerprint density at radius 2 is 2.06 bits per heavy atom. The molecule has 2 atom stereocenters. The summed E-state index contributed by atoms with van der Waals surface area (Å²) in [4.78, 5) is 0. The first kappa shape index (κ1) is 14.9. The highest BCUT2D eigenvalue weighted by Gasteiger charge is 2.25. The number of rotatable bonds is 6. The third kappa shape index (κ3) is 5.33. The van der Waals surface area contributed by atoms with Gasteiger partial charge in [0, 0.05) is 25.2 Å². The van der Waals surface area contributed by atoms with E-state index in [0.717, 1.165) is 19.4 Å². The largest absolute Gasteiger partial charge is 0.380 e. The van der Waals surface area contributed by atoms with E-state index >= 15 is 0 Å². The van der Waals surface area contributed by atoms with Crippen molar-refractivity contribution in [2.45, 2.75) is 50.9 Å². The normalized spacial score (nSPS) is 23.9. The van der Waals surface area contributed by atoms with Gasteiger partial charge in [0.15, 0.2) is 0 Å². The van der Waals surface area contributed by atoms with Crippen molar-refractivity contribution >= 4 is 10.0 Å². The summed E-state index contributed by atoms with van der Waals surface area (Å²) in [6.07, 6.45) is 1.79. The summed E-state index contributed by atoms with van der Waals surface area (Å²) in [5, 5.41) is 2.71. The zero-order chi connectivity index (χ0) is 12.9. The fourth-order valence-corrected chi connectivity index (χ4v) is 2.89. The second kappa shape index (κ2) is 6.68. The number of sulfonamides is 1. The molecule has 1 aliphatic heterocycles. The van der Waals surface area contributed by atoms with Crippen LogP contribution in [0.2, 0.25) is 0 Å². The first-order chi connectivity index (χ1) is 7.92. The molecular weight excluding hydrogens is 240 g/mol. The minimum atomic E-state index is -3.25. The van der Waals surface area contributed by atoms with Crippen LogP contribution in [-0.2, 0) is 14.8 Å². The number of hydrogen-bond donors (Lipinski definition) is 2. The van der Waals surface area contributed by atoms with E-state index in [1.807, 2.05) is 13.8 Å². The van der Waals surface area contributed by atoms with Crippen LogP contribution in [0.5, 0.6) is 0 Å². The van der Waals surface area contributed by atoms with Gasteiger partial charge >= 0.3 is 0 Å². The van der Waals surface area contributed by atoms with Crippen molar-refractivity contribution in [3.8, 4) is 0 Å². The third-order valence-electron chi connectivity index (χ3n) is 2.83. The SMILES string of the molecule is CC(C)NCC(C)S(=O)(=O)NC1CCCOC1. The Kier molecular flexibility index (Phi) is 5.85. The Hall–Kier alpha value is -0.170. The summed E-state index contributed by atoms with van der Waals surface area (Å²) < 4.78 is 32.0. The molecule has 17 heavy (non-hydrogen) atoms. The predicted octanol–water partition coefficient (Wildman–Crippen LogP) is 0.471. The molecule has 1 fully saturated rings. The highest BCUT2D eigenvalue weighted by Crippen LogP contribution is 2.09. The summed E-state index contributed by atoms with van der Waals surface area (Å²) in [6.45, 7) is 7.43. The Morgan fingerprint density at radius 1 is 1.35 bits per heavy atom. The molecule has 102 valence electrons. The molecule has 1 heterocycles. The van der Waals surface area contributed by atoms with Crippen molar-refractivity contribution in [1.82, 2.24) is 10.0 Å². The molecule has 0 spiro atoms. The summed E-state index contributed by atoms with van der Waals surface area (Å²) >= 11 is 0. The standard InChI is InChI=1S/C11H24N2O3S/c1-9(2)12-7-10(3)17(14,15)13-11-5-4-6-16-8-11/h9-13H,4-8H2,1-3H3. The van der Waals surface area contributed by atoms with Crippen LogP contribution < -0.4 is 10.0 Å². The van der Waals surface area contributed by atoms with E-state index in [1.54, 1.807) is 6.92 Å². The van der Waals surface area contributed by atoms with E-state index in [4.69, 9.17) is 4.74 Å². The summed E-state index contributed by atoms with van der Waals surface area (Å²) in [7, 11) is -3.25. The van der Waals surface area contributed by atoms with E-state index in [-0.39, 0.29) is 6.04 Å². The van der Waals surface area contributed by atoms with Gasteiger partial charge in [-0.15, -0.1) is 0 Å². The van der Waals surface area contributed by atoms with Crippen LogP contribution in [0.3, 0.4) is 0 Å². The van der Waals surface area contributed by atoms with Crippen LogP contribution in [0.4, 0.5) is 0 Å². The maximum Gasteiger partial charge on any atom is 0.215 e. The zero-order valence-electron chi connectivity index (χ0n) is 10.9. The quantitative estimate of drug-likeness (QED) is 0.732. The monoisotopic (exact) mass is 264 g/mol. The highest BCUT2D eigenvalue weighted by molar-refractivity contribution is 7.90. The summed E-state index contributed by atoms with van der Waals surface area (Å²) in [5.74, 6) is 0. The number of nitrogens with one attached hydrogen (secondary N) is 2. The highest BCUT2D eigenvalue weighted by atomic mass is 32.2. The van der Waals surface area contributed by atoms with Gasteiger partial charge in [-0.3, -0.25) is 0 Å². The van der Waals surface area contributed by atoms with Gasteiger partial charge in [0.05, 0.1) is 11.9 Å². The molecule has 0 aromatic heterocycles. The van der Waals surface area contributed by atoms with Crippen LogP contribution in [0.25, 0.3) is 0 Å². The first-order valence-corrected chi connectivity index (χ1v) is 7.78. The molecule has 0 amide bonds. The molecule has 0 aromatic carbocycles. The maximum atomic E-state index is 12.0. The number of hydrogen-bond acceptors (Lipinski definition) is 4. The smallest absolute Gasteiger partial charge is 0.215 e. The van der Waals surface area contributed by atoms with Crippen molar-refractivity contribution in [1.29, 1.82) is 0 Å². The topological polar surface area (TPSA) is 67.4 Å². The molecule has 2 unspecified atom stereocenters. The van der Waals surface area contributed by atoms with Crippen LogP contribution in [0.1, 0.15) is 33.6 Å². The summed E-state index contributed by atoms with van der Waals surface area (Å²) in [6, 6.07) is 0.237. The van der Waals surface area contributed by atoms with Gasteiger partial charge in [0.1, 0.15) is 0 Å². The lowest BCUT2D eigenvalue weighted by Gasteiger charge is -2.25. The molecular formula is C11H24N2O3S. The van der Waals surface area contributed by atoms with Crippen molar-refractivity contribution < 1.29 is 13.2 Å². The fourth-order valence-electron chi connectivity index (χ4n) is 1.69. The lowest BCUT2D eigenvalue weighted by molar-refractivity contribution is 0.0773. The number of ether oxygens (including phenoxy) is 1. The minimum Gasteiger partial charge on any atom is -0.380 e. The Morgan fingerprint density at radius 3 is 2.59 bits per heavy atom. The van der Waals surface area contributed by atoms with Crippen LogP contribution in [0.15, 0.2) is 0 Å². The molecule has 6 heteroatoms. The second-order valence-electron chi connectivity index (χ2n) is 4.95. The van der Waals surface area contributed by atoms with E-state index in [2.05, 4.69) is 10.0 Å². The molecule has 1 saturated heterocycles. The van der Waals surface area contributed by atoms with Crippen molar-refractivity contribution in [3.63, 3.8) is 0 Å². The van der Waals surface area contributed by atoms with Gasteiger partial charge in [0.25, 0.3) is 0 Å². The Bertz CT molecular complexity index is 311. The third-order valence-corrected chi connectivity index (χ3v) is 4.72. The van der Waals surface area contributed by atoms with E-state index in [0.29, 0.717) is 19.2 Å². The predicted molar refractivity (Wildman–Crippen MR) is 68.5 cm³/mol. The van der Waals surface area contributed by atoms with Gasteiger partial charge in [-0.25, -0.2) is 13.1 Å². The molecule has 0 aliphatic carbocycles. The molecule has 1 rings (SSSR count). The average molecular weight is 264 g/mol.